The number of rotatable bonds is 4. The zero-order chi connectivity index (χ0) is 11.4. The Morgan fingerprint density at radius 3 is 2.33 bits per heavy atom. The minimum atomic E-state index is -1.02. The fourth-order valence-corrected chi connectivity index (χ4v) is 1.14. The summed E-state index contributed by atoms with van der Waals surface area (Å²) >= 11 is 0. The standard InChI is InChI=1S/C9H12N2O4/c10-8(5-12)9(13)6-1-3-7(4-2-6)11(14)15/h1-4,8-9,12-13H,5,10H2/t8-,9+/m1/s1. The Kier molecular flexibility index (Phi) is 3.73. The first-order valence-corrected chi connectivity index (χ1v) is 4.35. The number of nitrogens with zero attached hydrogens (tertiary/aromatic N) is 1. The van der Waals surface area contributed by atoms with E-state index in [0.717, 1.165) is 0 Å². The van der Waals surface area contributed by atoms with Crippen LogP contribution in [0.1, 0.15) is 11.7 Å². The molecule has 0 unspecified atom stereocenters. The van der Waals surface area contributed by atoms with Gasteiger partial charge in [0, 0.05) is 12.1 Å². The Hall–Kier alpha value is -1.50. The van der Waals surface area contributed by atoms with Gasteiger partial charge < -0.3 is 15.9 Å². The first-order chi connectivity index (χ1) is 7.06. The van der Waals surface area contributed by atoms with Crippen molar-refractivity contribution in [2.24, 2.45) is 5.73 Å². The molecule has 0 heterocycles. The van der Waals surface area contributed by atoms with Gasteiger partial charge in [-0.1, -0.05) is 0 Å². The maximum absolute atomic E-state index is 10.4. The van der Waals surface area contributed by atoms with Crippen LogP contribution in [0.4, 0.5) is 5.69 Å². The van der Waals surface area contributed by atoms with E-state index in [0.29, 0.717) is 5.56 Å². The third-order valence-electron chi connectivity index (χ3n) is 2.06. The molecule has 6 heteroatoms. The zero-order valence-electron chi connectivity index (χ0n) is 7.91. The van der Waals surface area contributed by atoms with Crippen molar-refractivity contribution < 1.29 is 15.1 Å². The van der Waals surface area contributed by atoms with E-state index in [1.54, 1.807) is 0 Å². The third kappa shape index (κ3) is 2.72. The fourth-order valence-electron chi connectivity index (χ4n) is 1.14. The van der Waals surface area contributed by atoms with Crippen molar-refractivity contribution in [1.29, 1.82) is 0 Å². The predicted octanol–water partition coefficient (Wildman–Crippen LogP) is -0.0522. The van der Waals surface area contributed by atoms with Crippen molar-refractivity contribution in [2.75, 3.05) is 6.61 Å². The average Bonchev–Trinajstić information content (AvgIpc) is 2.27. The Morgan fingerprint density at radius 2 is 1.93 bits per heavy atom. The molecule has 0 aliphatic heterocycles. The summed E-state index contributed by atoms with van der Waals surface area (Å²) in [6.07, 6.45) is -1.02. The van der Waals surface area contributed by atoms with Crippen LogP contribution in [0.2, 0.25) is 0 Å². The highest BCUT2D eigenvalue weighted by molar-refractivity contribution is 5.34. The van der Waals surface area contributed by atoms with Gasteiger partial charge in [-0.25, -0.2) is 0 Å². The molecule has 2 atom stereocenters. The molecule has 0 aliphatic rings. The molecule has 15 heavy (non-hydrogen) atoms. The molecular weight excluding hydrogens is 200 g/mol. The quantitative estimate of drug-likeness (QED) is 0.478. The maximum atomic E-state index is 10.4. The number of hydrogen-bond acceptors (Lipinski definition) is 5. The highest BCUT2D eigenvalue weighted by Crippen LogP contribution is 2.19. The number of aliphatic hydroxyl groups excluding tert-OH is 2. The lowest BCUT2D eigenvalue weighted by molar-refractivity contribution is -0.384. The van der Waals surface area contributed by atoms with Crippen molar-refractivity contribution >= 4 is 5.69 Å². The molecule has 0 radical (unpaired) electrons. The molecule has 0 bridgehead atoms. The fraction of sp³-hybridized carbons (Fsp3) is 0.333. The van der Waals surface area contributed by atoms with Gasteiger partial charge in [0.05, 0.1) is 23.7 Å². The summed E-state index contributed by atoms with van der Waals surface area (Å²) in [6.45, 7) is -0.349. The van der Waals surface area contributed by atoms with E-state index in [1.807, 2.05) is 0 Å². The van der Waals surface area contributed by atoms with Crippen molar-refractivity contribution in [2.45, 2.75) is 12.1 Å². The summed E-state index contributed by atoms with van der Waals surface area (Å²) in [7, 11) is 0. The van der Waals surface area contributed by atoms with Gasteiger partial charge in [0.15, 0.2) is 0 Å². The number of hydrogen-bond donors (Lipinski definition) is 3. The monoisotopic (exact) mass is 212 g/mol. The van der Waals surface area contributed by atoms with Gasteiger partial charge in [0.1, 0.15) is 0 Å². The van der Waals surface area contributed by atoms with Crippen LogP contribution in [0, 0.1) is 10.1 Å². The van der Waals surface area contributed by atoms with Gasteiger partial charge in [-0.05, 0) is 17.7 Å². The van der Waals surface area contributed by atoms with Gasteiger partial charge >= 0.3 is 0 Å². The van der Waals surface area contributed by atoms with Crippen LogP contribution in [0.3, 0.4) is 0 Å². The number of nitro groups is 1. The molecular formula is C9H12N2O4. The van der Waals surface area contributed by atoms with Gasteiger partial charge in [0.2, 0.25) is 0 Å². The lowest BCUT2D eigenvalue weighted by Crippen LogP contribution is -2.31. The number of nitrogens with two attached hydrogens (primary N) is 1. The van der Waals surface area contributed by atoms with Crippen LogP contribution < -0.4 is 5.73 Å². The van der Waals surface area contributed by atoms with Crippen molar-refractivity contribution in [3.8, 4) is 0 Å². The van der Waals surface area contributed by atoms with Crippen LogP contribution in [0.15, 0.2) is 24.3 Å². The Morgan fingerprint density at radius 1 is 1.40 bits per heavy atom. The van der Waals surface area contributed by atoms with Crippen LogP contribution in [-0.4, -0.2) is 27.8 Å². The summed E-state index contributed by atoms with van der Waals surface area (Å²) in [4.78, 5) is 9.82. The average molecular weight is 212 g/mol. The summed E-state index contributed by atoms with van der Waals surface area (Å²) in [5, 5.41) is 28.6. The molecule has 1 aromatic rings. The van der Waals surface area contributed by atoms with Crippen LogP contribution in [0.5, 0.6) is 0 Å². The van der Waals surface area contributed by atoms with E-state index in [9.17, 15) is 15.2 Å². The van der Waals surface area contributed by atoms with Crippen molar-refractivity contribution in [1.82, 2.24) is 0 Å². The number of non-ortho nitro benzene ring substituents is 1. The third-order valence-corrected chi connectivity index (χ3v) is 2.06. The Balaban J connectivity index is 2.84. The first-order valence-electron chi connectivity index (χ1n) is 4.35. The molecule has 0 saturated heterocycles. The molecule has 0 fully saturated rings. The number of aliphatic hydroxyl groups is 2. The molecule has 0 spiro atoms. The normalized spacial score (nSPS) is 14.6. The summed E-state index contributed by atoms with van der Waals surface area (Å²) < 4.78 is 0. The van der Waals surface area contributed by atoms with Gasteiger partial charge in [-0.15, -0.1) is 0 Å². The molecule has 0 amide bonds. The number of benzene rings is 1. The molecule has 0 aromatic heterocycles. The summed E-state index contributed by atoms with van der Waals surface area (Å²) in [5.41, 5.74) is 5.81. The Bertz CT molecular complexity index is 338. The molecule has 1 aromatic carbocycles. The SMILES string of the molecule is N[C@H](CO)[C@@H](O)c1ccc([N+](=O)[O-])cc1. The second-order valence-electron chi connectivity index (χ2n) is 3.14. The molecule has 0 saturated carbocycles. The largest absolute Gasteiger partial charge is 0.395 e. The van der Waals surface area contributed by atoms with Gasteiger partial charge in [0.25, 0.3) is 5.69 Å². The molecule has 4 N–H and O–H groups in total. The van der Waals surface area contributed by atoms with Crippen molar-refractivity contribution in [3.63, 3.8) is 0 Å². The maximum Gasteiger partial charge on any atom is 0.269 e. The van der Waals surface area contributed by atoms with E-state index in [1.165, 1.54) is 24.3 Å². The molecule has 0 aliphatic carbocycles. The van der Waals surface area contributed by atoms with Crippen LogP contribution in [-0.2, 0) is 0 Å². The van der Waals surface area contributed by atoms with Crippen LogP contribution >= 0.6 is 0 Å². The van der Waals surface area contributed by atoms with E-state index in [4.69, 9.17) is 10.8 Å². The van der Waals surface area contributed by atoms with E-state index < -0.39 is 17.1 Å². The topological polar surface area (TPSA) is 110 Å². The Labute approximate surface area is 86.1 Å². The van der Waals surface area contributed by atoms with Gasteiger partial charge in [-0.2, -0.15) is 0 Å². The smallest absolute Gasteiger partial charge is 0.269 e. The molecule has 82 valence electrons. The summed E-state index contributed by atoms with van der Waals surface area (Å²) in [6, 6.07) is 4.61. The minimum Gasteiger partial charge on any atom is -0.395 e. The zero-order valence-corrected chi connectivity index (χ0v) is 7.91. The molecule has 1 rings (SSSR count). The van der Waals surface area contributed by atoms with Gasteiger partial charge in [-0.3, -0.25) is 10.1 Å². The van der Waals surface area contributed by atoms with E-state index in [2.05, 4.69) is 0 Å². The predicted molar refractivity (Wildman–Crippen MR) is 53.1 cm³/mol. The van der Waals surface area contributed by atoms with E-state index in [-0.39, 0.29) is 12.3 Å². The summed E-state index contributed by atoms with van der Waals surface area (Å²) in [5.74, 6) is 0. The highest BCUT2D eigenvalue weighted by atomic mass is 16.6. The first kappa shape index (κ1) is 11.6. The lowest BCUT2D eigenvalue weighted by Gasteiger charge is -2.16. The minimum absolute atomic E-state index is 0.0523. The highest BCUT2D eigenvalue weighted by Gasteiger charge is 2.16. The second kappa shape index (κ2) is 4.83. The second-order valence-corrected chi connectivity index (χ2v) is 3.14. The van der Waals surface area contributed by atoms with Crippen LogP contribution in [0.25, 0.3) is 0 Å². The molecule has 6 nitrogen and oxygen atoms in total. The van der Waals surface area contributed by atoms with E-state index >= 15 is 0 Å². The lowest BCUT2D eigenvalue weighted by atomic mass is 10.0. The number of nitro benzene ring substituents is 1. The van der Waals surface area contributed by atoms with Crippen molar-refractivity contribution in [3.05, 3.63) is 39.9 Å².